The SMILES string of the molecule is Cc1ccc(-c2sc(CN)nc2C#N)cc1. The van der Waals surface area contributed by atoms with Gasteiger partial charge in [0.15, 0.2) is 5.69 Å². The molecule has 0 aliphatic rings. The Kier molecular flexibility index (Phi) is 3.00. The molecule has 0 amide bonds. The summed E-state index contributed by atoms with van der Waals surface area (Å²) in [7, 11) is 0. The summed E-state index contributed by atoms with van der Waals surface area (Å²) in [6, 6.07) is 10.2. The maximum Gasteiger partial charge on any atom is 0.159 e. The molecule has 0 saturated carbocycles. The molecule has 0 unspecified atom stereocenters. The number of nitriles is 1. The van der Waals surface area contributed by atoms with Gasteiger partial charge in [0.2, 0.25) is 0 Å². The Labute approximate surface area is 98.2 Å². The molecule has 0 spiro atoms. The van der Waals surface area contributed by atoms with E-state index in [2.05, 4.69) is 11.1 Å². The molecule has 2 aromatic rings. The summed E-state index contributed by atoms with van der Waals surface area (Å²) < 4.78 is 0. The molecule has 2 N–H and O–H groups in total. The second kappa shape index (κ2) is 4.44. The van der Waals surface area contributed by atoms with Gasteiger partial charge < -0.3 is 5.73 Å². The lowest BCUT2D eigenvalue weighted by Crippen LogP contribution is -1.94. The zero-order valence-electron chi connectivity index (χ0n) is 8.90. The average Bonchev–Trinajstić information content (AvgIpc) is 2.73. The number of nitrogens with zero attached hydrogens (tertiary/aromatic N) is 2. The maximum atomic E-state index is 9.00. The molecule has 1 aromatic heterocycles. The molecular formula is C12H11N3S. The van der Waals surface area contributed by atoms with Gasteiger partial charge in [0, 0.05) is 6.54 Å². The number of rotatable bonds is 2. The largest absolute Gasteiger partial charge is 0.325 e. The Morgan fingerprint density at radius 2 is 2.06 bits per heavy atom. The minimum atomic E-state index is 0.380. The molecule has 0 aliphatic heterocycles. The molecule has 80 valence electrons. The predicted octanol–water partition coefficient (Wildman–Crippen LogP) is 2.45. The van der Waals surface area contributed by atoms with Gasteiger partial charge in [0.05, 0.1) is 4.88 Å². The Morgan fingerprint density at radius 3 is 2.62 bits per heavy atom. The Bertz CT molecular complexity index is 534. The van der Waals surface area contributed by atoms with Crippen LogP contribution in [0.5, 0.6) is 0 Å². The van der Waals surface area contributed by atoms with Crippen LogP contribution in [0.2, 0.25) is 0 Å². The van der Waals surface area contributed by atoms with Gasteiger partial charge in [-0.3, -0.25) is 0 Å². The van der Waals surface area contributed by atoms with Crippen LogP contribution in [0.1, 0.15) is 16.3 Å². The number of nitrogens with two attached hydrogens (primary N) is 1. The minimum Gasteiger partial charge on any atom is -0.325 e. The van der Waals surface area contributed by atoms with Gasteiger partial charge >= 0.3 is 0 Å². The number of hydrogen-bond donors (Lipinski definition) is 1. The normalized spacial score (nSPS) is 10.1. The van der Waals surface area contributed by atoms with E-state index < -0.39 is 0 Å². The number of hydrogen-bond acceptors (Lipinski definition) is 4. The van der Waals surface area contributed by atoms with E-state index in [1.807, 2.05) is 31.2 Å². The summed E-state index contributed by atoms with van der Waals surface area (Å²) in [5, 5.41) is 9.79. The summed E-state index contributed by atoms with van der Waals surface area (Å²) in [6.45, 7) is 2.41. The third-order valence-electron chi connectivity index (χ3n) is 2.27. The summed E-state index contributed by atoms with van der Waals surface area (Å²) in [6.07, 6.45) is 0. The molecule has 0 atom stereocenters. The van der Waals surface area contributed by atoms with E-state index in [0.29, 0.717) is 12.2 Å². The third kappa shape index (κ3) is 1.96. The Hall–Kier alpha value is -1.70. The van der Waals surface area contributed by atoms with Crippen molar-refractivity contribution in [3.8, 4) is 16.5 Å². The molecule has 2 rings (SSSR count). The van der Waals surface area contributed by atoms with Crippen molar-refractivity contribution in [1.29, 1.82) is 5.26 Å². The van der Waals surface area contributed by atoms with Gasteiger partial charge in [-0.15, -0.1) is 11.3 Å². The van der Waals surface area contributed by atoms with Crippen LogP contribution in [0, 0.1) is 18.3 Å². The van der Waals surface area contributed by atoms with Crippen molar-refractivity contribution in [3.05, 3.63) is 40.5 Å². The predicted molar refractivity (Wildman–Crippen MR) is 64.9 cm³/mol. The van der Waals surface area contributed by atoms with Gasteiger partial charge in [-0.1, -0.05) is 29.8 Å². The second-order valence-electron chi connectivity index (χ2n) is 3.47. The molecule has 0 radical (unpaired) electrons. The molecule has 1 aromatic carbocycles. The quantitative estimate of drug-likeness (QED) is 0.860. The van der Waals surface area contributed by atoms with E-state index >= 15 is 0 Å². The van der Waals surface area contributed by atoms with Crippen LogP contribution in [0.25, 0.3) is 10.4 Å². The van der Waals surface area contributed by atoms with Crippen molar-refractivity contribution in [1.82, 2.24) is 4.98 Å². The van der Waals surface area contributed by atoms with E-state index in [4.69, 9.17) is 11.0 Å². The lowest BCUT2D eigenvalue weighted by atomic mass is 10.1. The molecule has 3 nitrogen and oxygen atoms in total. The van der Waals surface area contributed by atoms with Crippen LogP contribution in [0.15, 0.2) is 24.3 Å². The monoisotopic (exact) mass is 229 g/mol. The first-order valence-corrected chi connectivity index (χ1v) is 5.73. The molecule has 4 heteroatoms. The van der Waals surface area contributed by atoms with E-state index in [1.54, 1.807) is 0 Å². The van der Waals surface area contributed by atoms with Crippen molar-refractivity contribution in [2.45, 2.75) is 13.5 Å². The van der Waals surface area contributed by atoms with Crippen LogP contribution in [0.4, 0.5) is 0 Å². The number of benzene rings is 1. The molecule has 0 bridgehead atoms. The van der Waals surface area contributed by atoms with Crippen LogP contribution in [-0.4, -0.2) is 4.98 Å². The third-order valence-corrected chi connectivity index (χ3v) is 3.39. The Morgan fingerprint density at radius 1 is 1.38 bits per heavy atom. The highest BCUT2D eigenvalue weighted by atomic mass is 32.1. The lowest BCUT2D eigenvalue weighted by Gasteiger charge is -1.97. The van der Waals surface area contributed by atoms with Crippen molar-refractivity contribution in [3.63, 3.8) is 0 Å². The fraction of sp³-hybridized carbons (Fsp3) is 0.167. The first-order valence-electron chi connectivity index (χ1n) is 4.91. The number of aryl methyl sites for hydroxylation is 1. The highest BCUT2D eigenvalue weighted by molar-refractivity contribution is 7.15. The zero-order chi connectivity index (χ0) is 11.5. The van der Waals surface area contributed by atoms with E-state index in [0.717, 1.165) is 15.4 Å². The van der Waals surface area contributed by atoms with Crippen molar-refractivity contribution in [2.24, 2.45) is 5.73 Å². The number of thiazole rings is 1. The minimum absolute atomic E-state index is 0.380. The summed E-state index contributed by atoms with van der Waals surface area (Å²) >= 11 is 1.48. The van der Waals surface area contributed by atoms with Crippen molar-refractivity contribution >= 4 is 11.3 Å². The van der Waals surface area contributed by atoms with Crippen molar-refractivity contribution in [2.75, 3.05) is 0 Å². The van der Waals surface area contributed by atoms with Gasteiger partial charge in [0.1, 0.15) is 11.1 Å². The van der Waals surface area contributed by atoms with Gasteiger partial charge in [-0.2, -0.15) is 5.26 Å². The fourth-order valence-electron chi connectivity index (χ4n) is 1.43. The van der Waals surface area contributed by atoms with Crippen LogP contribution in [-0.2, 0) is 6.54 Å². The summed E-state index contributed by atoms with van der Waals surface area (Å²) in [4.78, 5) is 5.08. The molecule has 0 saturated heterocycles. The highest BCUT2D eigenvalue weighted by Gasteiger charge is 2.11. The first-order chi connectivity index (χ1) is 7.74. The van der Waals surface area contributed by atoms with Gasteiger partial charge in [0.25, 0.3) is 0 Å². The fourth-order valence-corrected chi connectivity index (χ4v) is 2.33. The van der Waals surface area contributed by atoms with Gasteiger partial charge in [-0.05, 0) is 12.5 Å². The Balaban J connectivity index is 2.51. The summed E-state index contributed by atoms with van der Waals surface area (Å²) in [5.74, 6) is 0. The number of aromatic nitrogens is 1. The molecule has 1 heterocycles. The van der Waals surface area contributed by atoms with Crippen LogP contribution in [0.3, 0.4) is 0 Å². The second-order valence-corrected chi connectivity index (χ2v) is 4.55. The molecular weight excluding hydrogens is 218 g/mol. The van der Waals surface area contributed by atoms with Crippen molar-refractivity contribution < 1.29 is 0 Å². The smallest absolute Gasteiger partial charge is 0.159 e. The standard InChI is InChI=1S/C12H11N3S/c1-8-2-4-9(5-3-8)12-10(6-13)15-11(7-14)16-12/h2-5H,7,14H2,1H3. The molecule has 16 heavy (non-hydrogen) atoms. The van der Waals surface area contributed by atoms with Gasteiger partial charge in [-0.25, -0.2) is 4.98 Å². The lowest BCUT2D eigenvalue weighted by molar-refractivity contribution is 1.03. The van der Waals surface area contributed by atoms with E-state index in [9.17, 15) is 0 Å². The average molecular weight is 229 g/mol. The first kappa shape index (κ1) is 10.8. The molecule has 0 fully saturated rings. The van der Waals surface area contributed by atoms with Crippen LogP contribution < -0.4 is 5.73 Å². The topological polar surface area (TPSA) is 62.7 Å². The maximum absolute atomic E-state index is 9.00. The van der Waals surface area contributed by atoms with E-state index in [1.165, 1.54) is 16.9 Å². The molecule has 0 aliphatic carbocycles. The highest BCUT2D eigenvalue weighted by Crippen LogP contribution is 2.29. The zero-order valence-corrected chi connectivity index (χ0v) is 9.71. The van der Waals surface area contributed by atoms with Crippen LogP contribution >= 0.6 is 11.3 Å². The van der Waals surface area contributed by atoms with E-state index in [-0.39, 0.29) is 0 Å². The summed E-state index contributed by atoms with van der Waals surface area (Å²) in [5.41, 5.74) is 8.22.